The molecular weight excluding hydrogens is 220 g/mol. The molecule has 1 unspecified atom stereocenters. The van der Waals surface area contributed by atoms with Crippen molar-refractivity contribution in [3.8, 4) is 0 Å². The summed E-state index contributed by atoms with van der Waals surface area (Å²) >= 11 is 0. The largest absolute Gasteiger partial charge is 0.466 e. The van der Waals surface area contributed by atoms with E-state index in [0.29, 0.717) is 19.1 Å². The van der Waals surface area contributed by atoms with Crippen molar-refractivity contribution < 1.29 is 19.0 Å². The van der Waals surface area contributed by atoms with Crippen LogP contribution in [0.1, 0.15) is 33.1 Å². The van der Waals surface area contributed by atoms with Gasteiger partial charge in [-0.3, -0.25) is 0 Å². The number of rotatable bonds is 6. The molecule has 0 aromatic carbocycles. The van der Waals surface area contributed by atoms with Crippen molar-refractivity contribution in [2.75, 3.05) is 20.3 Å². The lowest BCUT2D eigenvalue weighted by atomic mass is 9.97. The van der Waals surface area contributed by atoms with Crippen LogP contribution in [0.15, 0.2) is 12.2 Å². The van der Waals surface area contributed by atoms with E-state index in [9.17, 15) is 4.79 Å². The van der Waals surface area contributed by atoms with Crippen LogP contribution >= 0.6 is 0 Å². The Bertz CT molecular complexity index is 267. The van der Waals surface area contributed by atoms with Gasteiger partial charge in [0.25, 0.3) is 0 Å². The number of hydrogen-bond donors (Lipinski definition) is 0. The predicted octanol–water partition coefficient (Wildman–Crippen LogP) is 2.29. The van der Waals surface area contributed by atoms with E-state index in [4.69, 9.17) is 9.47 Å². The van der Waals surface area contributed by atoms with Gasteiger partial charge >= 0.3 is 5.97 Å². The summed E-state index contributed by atoms with van der Waals surface area (Å²) in [5, 5.41) is 0. The third-order valence-electron chi connectivity index (χ3n) is 2.90. The van der Waals surface area contributed by atoms with Crippen molar-refractivity contribution in [1.29, 1.82) is 0 Å². The number of hydrogen-bond acceptors (Lipinski definition) is 4. The van der Waals surface area contributed by atoms with Gasteiger partial charge in [0.05, 0.1) is 20.3 Å². The van der Waals surface area contributed by atoms with Crippen molar-refractivity contribution in [2.45, 2.75) is 38.9 Å². The lowest BCUT2D eigenvalue weighted by molar-refractivity contribution is -0.154. The summed E-state index contributed by atoms with van der Waals surface area (Å²) in [5.74, 6) is -0.210. The van der Waals surface area contributed by atoms with E-state index in [2.05, 4.69) is 11.7 Å². The topological polar surface area (TPSA) is 44.8 Å². The van der Waals surface area contributed by atoms with Crippen LogP contribution in [0.2, 0.25) is 0 Å². The summed E-state index contributed by atoms with van der Waals surface area (Å²) in [4.78, 5) is 10.8. The maximum absolute atomic E-state index is 10.8. The maximum atomic E-state index is 10.8. The second kappa shape index (κ2) is 6.77. The van der Waals surface area contributed by atoms with Gasteiger partial charge in [0.15, 0.2) is 5.79 Å². The summed E-state index contributed by atoms with van der Waals surface area (Å²) in [7, 11) is 1.38. The number of esters is 1. The quantitative estimate of drug-likeness (QED) is 0.529. The normalized spacial score (nSPS) is 20.6. The SMILES string of the molecule is COC(=O)/C=C/CCC(C)CC1(C)OCCO1. The van der Waals surface area contributed by atoms with Crippen LogP contribution in [0.3, 0.4) is 0 Å². The van der Waals surface area contributed by atoms with Gasteiger partial charge in [-0.05, 0) is 25.7 Å². The molecule has 1 aliphatic rings. The molecular formula is C13H22O4. The highest BCUT2D eigenvalue weighted by atomic mass is 16.7. The molecule has 1 saturated heterocycles. The minimum Gasteiger partial charge on any atom is -0.466 e. The highest BCUT2D eigenvalue weighted by Gasteiger charge is 2.32. The molecule has 0 aromatic rings. The minimum atomic E-state index is -0.411. The first-order valence-corrected chi connectivity index (χ1v) is 6.08. The van der Waals surface area contributed by atoms with Gasteiger partial charge in [-0.15, -0.1) is 0 Å². The van der Waals surface area contributed by atoms with Crippen LogP contribution in [0.25, 0.3) is 0 Å². The molecule has 17 heavy (non-hydrogen) atoms. The Balaban J connectivity index is 2.19. The third kappa shape index (κ3) is 5.33. The first-order chi connectivity index (χ1) is 8.06. The molecule has 0 amide bonds. The van der Waals surface area contributed by atoms with Crippen molar-refractivity contribution in [3.63, 3.8) is 0 Å². The molecule has 1 atom stereocenters. The summed E-state index contributed by atoms with van der Waals surface area (Å²) in [6.45, 7) is 5.53. The average Bonchev–Trinajstić information content (AvgIpc) is 2.70. The number of methoxy groups -OCH3 is 1. The van der Waals surface area contributed by atoms with E-state index in [1.165, 1.54) is 13.2 Å². The fourth-order valence-electron chi connectivity index (χ4n) is 2.04. The standard InChI is InChI=1S/C13H22O4/c1-11(6-4-5-7-12(14)15-3)10-13(2)16-8-9-17-13/h5,7,11H,4,6,8-10H2,1-3H3/b7-5+. The molecule has 0 N–H and O–H groups in total. The molecule has 0 aliphatic carbocycles. The third-order valence-corrected chi connectivity index (χ3v) is 2.90. The summed E-state index contributed by atoms with van der Waals surface area (Å²) in [5.41, 5.74) is 0. The van der Waals surface area contributed by atoms with Crippen LogP contribution < -0.4 is 0 Å². The lowest BCUT2D eigenvalue weighted by Gasteiger charge is -2.25. The fraction of sp³-hybridized carbons (Fsp3) is 0.769. The van der Waals surface area contributed by atoms with E-state index in [1.807, 2.05) is 13.0 Å². The molecule has 0 bridgehead atoms. The highest BCUT2D eigenvalue weighted by Crippen LogP contribution is 2.28. The van der Waals surface area contributed by atoms with Crippen LogP contribution in [-0.4, -0.2) is 32.1 Å². The Labute approximate surface area is 103 Å². The predicted molar refractivity (Wildman–Crippen MR) is 64.5 cm³/mol. The van der Waals surface area contributed by atoms with Crippen molar-refractivity contribution in [2.24, 2.45) is 5.92 Å². The molecule has 0 radical (unpaired) electrons. The molecule has 1 heterocycles. The highest BCUT2D eigenvalue weighted by molar-refractivity contribution is 5.81. The Kier molecular flexibility index (Phi) is 5.65. The molecule has 4 heteroatoms. The summed E-state index contributed by atoms with van der Waals surface area (Å²) < 4.78 is 15.6. The summed E-state index contributed by atoms with van der Waals surface area (Å²) in [6.07, 6.45) is 6.08. The molecule has 1 fully saturated rings. The molecule has 1 rings (SSSR count). The van der Waals surface area contributed by atoms with Crippen LogP contribution in [0, 0.1) is 5.92 Å². The molecule has 0 aromatic heterocycles. The van der Waals surface area contributed by atoms with Crippen molar-refractivity contribution >= 4 is 5.97 Å². The Hall–Kier alpha value is -0.870. The van der Waals surface area contributed by atoms with Crippen LogP contribution in [0.5, 0.6) is 0 Å². The second-order valence-corrected chi connectivity index (χ2v) is 4.64. The molecule has 1 aliphatic heterocycles. The zero-order chi connectivity index (χ0) is 12.7. The van der Waals surface area contributed by atoms with Gasteiger partial charge in [-0.1, -0.05) is 13.0 Å². The van der Waals surface area contributed by atoms with Crippen LogP contribution in [0.4, 0.5) is 0 Å². The minimum absolute atomic E-state index is 0.299. The van der Waals surface area contributed by atoms with Gasteiger partial charge in [-0.2, -0.15) is 0 Å². The average molecular weight is 242 g/mol. The van der Waals surface area contributed by atoms with E-state index in [0.717, 1.165) is 19.3 Å². The Morgan fingerprint density at radius 1 is 1.47 bits per heavy atom. The number of carbonyl (C=O) groups excluding carboxylic acids is 1. The molecule has 98 valence electrons. The zero-order valence-electron chi connectivity index (χ0n) is 10.9. The number of allylic oxidation sites excluding steroid dienone is 1. The molecule has 4 nitrogen and oxygen atoms in total. The van der Waals surface area contributed by atoms with E-state index >= 15 is 0 Å². The Morgan fingerprint density at radius 3 is 2.71 bits per heavy atom. The number of carbonyl (C=O) groups is 1. The van der Waals surface area contributed by atoms with E-state index < -0.39 is 5.79 Å². The van der Waals surface area contributed by atoms with Gasteiger partial charge in [-0.25, -0.2) is 4.79 Å². The molecule has 0 saturated carbocycles. The second-order valence-electron chi connectivity index (χ2n) is 4.64. The van der Waals surface area contributed by atoms with Gasteiger partial charge < -0.3 is 14.2 Å². The van der Waals surface area contributed by atoms with Gasteiger partial charge in [0.1, 0.15) is 0 Å². The van der Waals surface area contributed by atoms with Gasteiger partial charge in [0.2, 0.25) is 0 Å². The van der Waals surface area contributed by atoms with Crippen LogP contribution in [-0.2, 0) is 19.0 Å². The Morgan fingerprint density at radius 2 is 2.12 bits per heavy atom. The zero-order valence-corrected chi connectivity index (χ0v) is 10.9. The monoisotopic (exact) mass is 242 g/mol. The summed E-state index contributed by atoms with van der Waals surface area (Å²) in [6, 6.07) is 0. The molecule has 0 spiro atoms. The smallest absolute Gasteiger partial charge is 0.330 e. The first-order valence-electron chi connectivity index (χ1n) is 6.08. The maximum Gasteiger partial charge on any atom is 0.330 e. The van der Waals surface area contributed by atoms with E-state index in [-0.39, 0.29) is 5.97 Å². The van der Waals surface area contributed by atoms with Crippen molar-refractivity contribution in [1.82, 2.24) is 0 Å². The van der Waals surface area contributed by atoms with E-state index in [1.54, 1.807) is 0 Å². The lowest BCUT2D eigenvalue weighted by Crippen LogP contribution is -2.28. The van der Waals surface area contributed by atoms with Gasteiger partial charge in [0, 0.05) is 12.5 Å². The first kappa shape index (κ1) is 14.2. The number of ether oxygens (including phenoxy) is 3. The fourth-order valence-corrected chi connectivity index (χ4v) is 2.04. The van der Waals surface area contributed by atoms with Crippen molar-refractivity contribution in [3.05, 3.63) is 12.2 Å².